The number of amides is 1. The monoisotopic (exact) mass is 274 g/mol. The number of halogens is 2. The molecule has 1 aliphatic heterocycles. The standard InChI is InChI=1S/C15H12F2N2O/c16-11-6-10(7-12(17)8-11)15(20)19-5-4-9-2-1-3-13(18)14(9)19/h1-3,6-8H,4-5,18H2. The van der Waals surface area contributed by atoms with Crippen LogP contribution in [0.15, 0.2) is 36.4 Å². The third-order valence-electron chi connectivity index (χ3n) is 3.38. The lowest BCUT2D eigenvalue weighted by molar-refractivity contribution is 0.0988. The molecule has 0 radical (unpaired) electrons. The fraction of sp³-hybridized carbons (Fsp3) is 0.133. The van der Waals surface area contributed by atoms with E-state index in [4.69, 9.17) is 5.73 Å². The number of hydrogen-bond donors (Lipinski definition) is 1. The Hall–Kier alpha value is -2.43. The molecule has 1 amide bonds. The number of carbonyl (C=O) groups excluding carboxylic acids is 1. The molecule has 3 rings (SSSR count). The van der Waals surface area contributed by atoms with Gasteiger partial charge in [-0.05, 0) is 30.2 Å². The van der Waals surface area contributed by atoms with Gasteiger partial charge in [-0.25, -0.2) is 8.78 Å². The van der Waals surface area contributed by atoms with E-state index in [-0.39, 0.29) is 5.56 Å². The van der Waals surface area contributed by atoms with Gasteiger partial charge in [-0.15, -0.1) is 0 Å². The molecular formula is C15H12F2N2O. The van der Waals surface area contributed by atoms with Crippen molar-refractivity contribution in [3.8, 4) is 0 Å². The lowest BCUT2D eigenvalue weighted by Gasteiger charge is -2.19. The molecule has 0 aliphatic carbocycles. The molecule has 0 fully saturated rings. The van der Waals surface area contributed by atoms with Gasteiger partial charge in [-0.1, -0.05) is 12.1 Å². The van der Waals surface area contributed by atoms with E-state index >= 15 is 0 Å². The third-order valence-corrected chi connectivity index (χ3v) is 3.38. The third kappa shape index (κ3) is 2.01. The zero-order valence-electron chi connectivity index (χ0n) is 10.6. The maximum atomic E-state index is 13.2. The van der Waals surface area contributed by atoms with Crippen LogP contribution >= 0.6 is 0 Å². The van der Waals surface area contributed by atoms with Crippen LogP contribution in [0, 0.1) is 11.6 Å². The van der Waals surface area contributed by atoms with Gasteiger partial charge in [0.15, 0.2) is 0 Å². The largest absolute Gasteiger partial charge is 0.397 e. The summed E-state index contributed by atoms with van der Waals surface area (Å²) in [5.41, 5.74) is 7.98. The Bertz CT molecular complexity index is 680. The molecular weight excluding hydrogens is 262 g/mol. The Kier molecular flexibility index (Phi) is 2.89. The van der Waals surface area contributed by atoms with E-state index in [1.165, 1.54) is 4.90 Å². The van der Waals surface area contributed by atoms with Crippen LogP contribution in [0.25, 0.3) is 0 Å². The van der Waals surface area contributed by atoms with Crippen LogP contribution in [-0.4, -0.2) is 12.5 Å². The summed E-state index contributed by atoms with van der Waals surface area (Å²) in [6.45, 7) is 0.459. The predicted octanol–water partition coefficient (Wildman–Crippen LogP) is 2.75. The zero-order valence-corrected chi connectivity index (χ0v) is 10.6. The Morgan fingerprint density at radius 3 is 2.55 bits per heavy atom. The smallest absolute Gasteiger partial charge is 0.258 e. The second-order valence-electron chi connectivity index (χ2n) is 4.72. The molecule has 0 saturated heterocycles. The van der Waals surface area contributed by atoms with Crippen LogP contribution < -0.4 is 10.6 Å². The first-order valence-corrected chi connectivity index (χ1v) is 6.21. The SMILES string of the molecule is Nc1cccc2c1N(C(=O)c1cc(F)cc(F)c1)CC2. The zero-order chi connectivity index (χ0) is 14.3. The van der Waals surface area contributed by atoms with Crippen LogP contribution in [0.1, 0.15) is 15.9 Å². The first-order chi connectivity index (χ1) is 9.56. The summed E-state index contributed by atoms with van der Waals surface area (Å²) in [5, 5.41) is 0. The Morgan fingerprint density at radius 2 is 1.85 bits per heavy atom. The number of rotatable bonds is 1. The summed E-state index contributed by atoms with van der Waals surface area (Å²) in [7, 11) is 0. The maximum absolute atomic E-state index is 13.2. The van der Waals surface area contributed by atoms with Gasteiger partial charge in [0.05, 0.1) is 11.4 Å². The van der Waals surface area contributed by atoms with Crippen molar-refractivity contribution in [3.63, 3.8) is 0 Å². The van der Waals surface area contributed by atoms with Crippen molar-refractivity contribution in [2.24, 2.45) is 0 Å². The van der Waals surface area contributed by atoms with Crippen LogP contribution in [0.5, 0.6) is 0 Å². The molecule has 0 aromatic heterocycles. The van der Waals surface area contributed by atoms with Crippen molar-refractivity contribution in [2.45, 2.75) is 6.42 Å². The Labute approximate surface area is 114 Å². The fourth-order valence-corrected chi connectivity index (χ4v) is 2.52. The number of nitrogen functional groups attached to an aromatic ring is 1. The lowest BCUT2D eigenvalue weighted by atomic mass is 10.1. The molecule has 0 atom stereocenters. The second kappa shape index (κ2) is 4.59. The van der Waals surface area contributed by atoms with Gasteiger partial charge in [-0.2, -0.15) is 0 Å². The summed E-state index contributed by atoms with van der Waals surface area (Å²) in [6.07, 6.45) is 0.684. The molecule has 1 aliphatic rings. The van der Waals surface area contributed by atoms with Crippen LogP contribution in [0.3, 0.4) is 0 Å². The average Bonchev–Trinajstić information content (AvgIpc) is 2.82. The van der Waals surface area contributed by atoms with Crippen molar-refractivity contribution in [3.05, 3.63) is 59.2 Å². The molecule has 0 bridgehead atoms. The van der Waals surface area contributed by atoms with Crippen molar-refractivity contribution in [1.29, 1.82) is 0 Å². The van der Waals surface area contributed by atoms with Gasteiger partial charge in [0.1, 0.15) is 11.6 Å². The molecule has 5 heteroatoms. The summed E-state index contributed by atoms with van der Waals surface area (Å²) in [5.74, 6) is -1.98. The van der Waals surface area contributed by atoms with Crippen molar-refractivity contribution in [1.82, 2.24) is 0 Å². The molecule has 2 aromatic rings. The number of fused-ring (bicyclic) bond motifs is 1. The molecule has 20 heavy (non-hydrogen) atoms. The number of benzene rings is 2. The number of carbonyl (C=O) groups is 1. The minimum Gasteiger partial charge on any atom is -0.397 e. The molecule has 3 nitrogen and oxygen atoms in total. The van der Waals surface area contributed by atoms with E-state index in [0.717, 1.165) is 23.8 Å². The first kappa shape index (κ1) is 12.6. The van der Waals surface area contributed by atoms with Crippen LogP contribution in [-0.2, 0) is 6.42 Å². The number of hydrogen-bond acceptors (Lipinski definition) is 2. The molecule has 1 heterocycles. The molecule has 102 valence electrons. The highest BCUT2D eigenvalue weighted by molar-refractivity contribution is 6.09. The summed E-state index contributed by atoms with van der Waals surface area (Å²) >= 11 is 0. The Balaban J connectivity index is 2.02. The van der Waals surface area contributed by atoms with E-state index < -0.39 is 17.5 Å². The van der Waals surface area contributed by atoms with E-state index in [2.05, 4.69) is 0 Å². The normalized spacial score (nSPS) is 13.4. The lowest BCUT2D eigenvalue weighted by Crippen LogP contribution is -2.29. The van der Waals surface area contributed by atoms with E-state index in [1.807, 2.05) is 12.1 Å². The van der Waals surface area contributed by atoms with E-state index in [0.29, 0.717) is 24.3 Å². The molecule has 0 spiro atoms. The van der Waals surface area contributed by atoms with Crippen LogP contribution in [0.2, 0.25) is 0 Å². The summed E-state index contributed by atoms with van der Waals surface area (Å²) < 4.78 is 26.4. The second-order valence-corrected chi connectivity index (χ2v) is 4.72. The Morgan fingerprint density at radius 1 is 1.15 bits per heavy atom. The van der Waals surface area contributed by atoms with Crippen molar-refractivity contribution < 1.29 is 13.6 Å². The quantitative estimate of drug-likeness (QED) is 0.813. The highest BCUT2D eigenvalue weighted by Crippen LogP contribution is 2.34. The average molecular weight is 274 g/mol. The van der Waals surface area contributed by atoms with Gasteiger partial charge in [-0.3, -0.25) is 4.79 Å². The molecule has 0 saturated carbocycles. The van der Waals surface area contributed by atoms with Crippen molar-refractivity contribution >= 4 is 17.3 Å². The van der Waals surface area contributed by atoms with Gasteiger partial charge < -0.3 is 10.6 Å². The molecule has 2 aromatic carbocycles. The van der Waals surface area contributed by atoms with E-state index in [1.54, 1.807) is 6.07 Å². The molecule has 0 unspecified atom stereocenters. The number of anilines is 2. The molecule has 2 N–H and O–H groups in total. The van der Waals surface area contributed by atoms with E-state index in [9.17, 15) is 13.6 Å². The number of nitrogens with zero attached hydrogens (tertiary/aromatic N) is 1. The number of para-hydroxylation sites is 1. The maximum Gasteiger partial charge on any atom is 0.258 e. The highest BCUT2D eigenvalue weighted by Gasteiger charge is 2.27. The predicted molar refractivity (Wildman–Crippen MR) is 72.6 cm³/mol. The minimum atomic E-state index is -0.770. The van der Waals surface area contributed by atoms with Crippen molar-refractivity contribution in [2.75, 3.05) is 17.2 Å². The highest BCUT2D eigenvalue weighted by atomic mass is 19.1. The van der Waals surface area contributed by atoms with Gasteiger partial charge in [0.2, 0.25) is 0 Å². The topological polar surface area (TPSA) is 46.3 Å². The summed E-state index contributed by atoms with van der Waals surface area (Å²) in [4.78, 5) is 13.9. The number of nitrogens with two attached hydrogens (primary N) is 1. The summed E-state index contributed by atoms with van der Waals surface area (Å²) in [6, 6.07) is 8.22. The van der Waals surface area contributed by atoms with Gasteiger partial charge in [0.25, 0.3) is 5.91 Å². The fourth-order valence-electron chi connectivity index (χ4n) is 2.52. The minimum absolute atomic E-state index is 0.0152. The van der Waals surface area contributed by atoms with Crippen LogP contribution in [0.4, 0.5) is 20.2 Å². The first-order valence-electron chi connectivity index (χ1n) is 6.21. The van der Waals surface area contributed by atoms with Gasteiger partial charge in [0, 0.05) is 18.2 Å². The van der Waals surface area contributed by atoms with Gasteiger partial charge >= 0.3 is 0 Å².